The van der Waals surface area contributed by atoms with Crippen molar-refractivity contribution in [2.75, 3.05) is 0 Å². The Morgan fingerprint density at radius 2 is 1.62 bits per heavy atom. The molecule has 2 heteroatoms. The molecule has 0 fully saturated rings. The zero-order valence-corrected chi connectivity index (χ0v) is 13.4. The number of para-hydroxylation sites is 1. The summed E-state index contributed by atoms with van der Waals surface area (Å²) in [5, 5.41) is 3.57. The maximum absolute atomic E-state index is 5.87. The van der Waals surface area contributed by atoms with Crippen LogP contribution in [0, 0.1) is 5.41 Å². The summed E-state index contributed by atoms with van der Waals surface area (Å²) in [5.74, 6) is 1.74. The van der Waals surface area contributed by atoms with E-state index in [1.54, 1.807) is 0 Å². The average Bonchev–Trinajstić information content (AvgIpc) is 2.45. The van der Waals surface area contributed by atoms with Gasteiger partial charge in [0, 0.05) is 12.6 Å². The van der Waals surface area contributed by atoms with Gasteiger partial charge in [-0.3, -0.25) is 0 Å². The van der Waals surface area contributed by atoms with Crippen molar-refractivity contribution in [2.24, 2.45) is 5.41 Å². The number of ether oxygens (including phenoxy) is 1. The van der Waals surface area contributed by atoms with E-state index >= 15 is 0 Å². The molecule has 0 aliphatic carbocycles. The lowest BCUT2D eigenvalue weighted by Crippen LogP contribution is -2.37. The minimum Gasteiger partial charge on any atom is -0.457 e. The number of benzene rings is 2. The van der Waals surface area contributed by atoms with Gasteiger partial charge in [-0.15, -0.1) is 0 Å². The van der Waals surface area contributed by atoms with Crippen LogP contribution in [0.3, 0.4) is 0 Å². The van der Waals surface area contributed by atoms with Crippen LogP contribution in [0.2, 0.25) is 0 Å². The second kappa shape index (κ2) is 6.77. The zero-order valence-electron chi connectivity index (χ0n) is 13.4. The lowest BCUT2D eigenvalue weighted by molar-refractivity contribution is 0.285. The molecule has 0 aliphatic rings. The van der Waals surface area contributed by atoms with Crippen molar-refractivity contribution < 1.29 is 4.74 Å². The number of nitrogens with one attached hydrogen (secondary N) is 1. The summed E-state index contributed by atoms with van der Waals surface area (Å²) in [7, 11) is 0. The summed E-state index contributed by atoms with van der Waals surface area (Å²) >= 11 is 0. The third-order valence-electron chi connectivity index (χ3n) is 3.79. The zero-order chi connectivity index (χ0) is 15.3. The molecule has 0 heterocycles. The number of rotatable bonds is 5. The molecule has 0 radical (unpaired) electrons. The smallest absolute Gasteiger partial charge is 0.127 e. The van der Waals surface area contributed by atoms with Crippen LogP contribution in [0.1, 0.15) is 33.3 Å². The molecule has 1 unspecified atom stereocenters. The topological polar surface area (TPSA) is 21.3 Å². The first-order valence-electron chi connectivity index (χ1n) is 7.50. The molecular formula is C19H25NO. The number of hydrogen-bond donors (Lipinski definition) is 1. The van der Waals surface area contributed by atoms with E-state index < -0.39 is 0 Å². The fourth-order valence-electron chi connectivity index (χ4n) is 1.92. The lowest BCUT2D eigenvalue weighted by Gasteiger charge is -2.28. The van der Waals surface area contributed by atoms with Gasteiger partial charge in [-0.1, -0.05) is 51.1 Å². The summed E-state index contributed by atoms with van der Waals surface area (Å²) in [5.41, 5.74) is 1.50. The summed E-state index contributed by atoms with van der Waals surface area (Å²) in [6.45, 7) is 9.83. The highest BCUT2D eigenvalue weighted by molar-refractivity contribution is 5.33. The van der Waals surface area contributed by atoms with Crippen LogP contribution >= 0.6 is 0 Å². The van der Waals surface area contributed by atoms with Gasteiger partial charge < -0.3 is 10.1 Å². The summed E-state index contributed by atoms with van der Waals surface area (Å²) in [6.07, 6.45) is 0. The molecule has 0 aromatic heterocycles. The highest BCUT2D eigenvalue weighted by Crippen LogP contribution is 2.23. The van der Waals surface area contributed by atoms with Crippen molar-refractivity contribution in [1.82, 2.24) is 5.32 Å². The Labute approximate surface area is 128 Å². The molecule has 2 aromatic rings. The largest absolute Gasteiger partial charge is 0.457 e. The molecule has 2 aromatic carbocycles. The first-order chi connectivity index (χ1) is 9.95. The van der Waals surface area contributed by atoms with Gasteiger partial charge >= 0.3 is 0 Å². The van der Waals surface area contributed by atoms with E-state index in [1.165, 1.54) is 5.56 Å². The van der Waals surface area contributed by atoms with Crippen LogP contribution in [0.15, 0.2) is 54.6 Å². The molecule has 0 saturated carbocycles. The fourth-order valence-corrected chi connectivity index (χ4v) is 1.92. The lowest BCUT2D eigenvalue weighted by atomic mass is 9.88. The highest BCUT2D eigenvalue weighted by Gasteiger charge is 2.18. The van der Waals surface area contributed by atoms with Crippen molar-refractivity contribution in [3.63, 3.8) is 0 Å². The predicted molar refractivity (Wildman–Crippen MR) is 88.7 cm³/mol. The van der Waals surface area contributed by atoms with Gasteiger partial charge in [0.05, 0.1) is 0 Å². The Bertz CT molecular complexity index is 557. The van der Waals surface area contributed by atoms with E-state index in [-0.39, 0.29) is 5.41 Å². The molecule has 112 valence electrons. The van der Waals surface area contributed by atoms with Crippen LogP contribution in [-0.4, -0.2) is 6.04 Å². The minimum atomic E-state index is 0.262. The average molecular weight is 283 g/mol. The molecule has 1 atom stereocenters. The van der Waals surface area contributed by atoms with Gasteiger partial charge in [0.2, 0.25) is 0 Å². The van der Waals surface area contributed by atoms with Crippen molar-refractivity contribution >= 4 is 0 Å². The van der Waals surface area contributed by atoms with Gasteiger partial charge in [-0.05, 0) is 42.2 Å². The second-order valence-corrected chi connectivity index (χ2v) is 6.53. The summed E-state index contributed by atoms with van der Waals surface area (Å²) < 4.78 is 5.87. The van der Waals surface area contributed by atoms with Crippen molar-refractivity contribution in [3.05, 3.63) is 60.2 Å². The van der Waals surface area contributed by atoms with Crippen LogP contribution < -0.4 is 10.1 Å². The second-order valence-electron chi connectivity index (χ2n) is 6.53. The normalized spacial score (nSPS) is 13.0. The van der Waals surface area contributed by atoms with Gasteiger partial charge in [-0.2, -0.15) is 0 Å². The molecule has 2 rings (SSSR count). The molecule has 1 N–H and O–H groups in total. The maximum atomic E-state index is 5.87. The van der Waals surface area contributed by atoms with Crippen LogP contribution in [-0.2, 0) is 6.54 Å². The van der Waals surface area contributed by atoms with Gasteiger partial charge in [0.25, 0.3) is 0 Å². The van der Waals surface area contributed by atoms with E-state index in [2.05, 4.69) is 45.1 Å². The van der Waals surface area contributed by atoms with Gasteiger partial charge in [0.15, 0.2) is 0 Å². The Morgan fingerprint density at radius 1 is 0.952 bits per heavy atom. The molecule has 0 amide bonds. The summed E-state index contributed by atoms with van der Waals surface area (Å²) in [4.78, 5) is 0. The molecule has 0 saturated heterocycles. The third kappa shape index (κ3) is 4.91. The molecule has 0 aliphatic heterocycles. The first kappa shape index (κ1) is 15.6. The van der Waals surface area contributed by atoms with Crippen LogP contribution in [0.5, 0.6) is 11.5 Å². The standard InChI is InChI=1S/C19H25NO/c1-15(19(2,3)4)20-14-16-9-8-12-18(13-16)21-17-10-6-5-7-11-17/h5-13,15,20H,14H2,1-4H3. The quantitative estimate of drug-likeness (QED) is 0.833. The molecule has 0 bridgehead atoms. The molecule has 21 heavy (non-hydrogen) atoms. The molecule has 2 nitrogen and oxygen atoms in total. The Morgan fingerprint density at radius 3 is 2.29 bits per heavy atom. The van der Waals surface area contributed by atoms with Gasteiger partial charge in [0.1, 0.15) is 11.5 Å². The highest BCUT2D eigenvalue weighted by atomic mass is 16.5. The van der Waals surface area contributed by atoms with Crippen LogP contribution in [0.4, 0.5) is 0 Å². The van der Waals surface area contributed by atoms with E-state index in [0.717, 1.165) is 18.0 Å². The maximum Gasteiger partial charge on any atom is 0.127 e. The Hall–Kier alpha value is -1.80. The van der Waals surface area contributed by atoms with Gasteiger partial charge in [-0.25, -0.2) is 0 Å². The first-order valence-corrected chi connectivity index (χ1v) is 7.50. The SMILES string of the molecule is CC(NCc1cccc(Oc2ccccc2)c1)C(C)(C)C. The van der Waals surface area contributed by atoms with E-state index in [1.807, 2.05) is 42.5 Å². The van der Waals surface area contributed by atoms with Crippen molar-refractivity contribution in [1.29, 1.82) is 0 Å². The monoisotopic (exact) mass is 283 g/mol. The third-order valence-corrected chi connectivity index (χ3v) is 3.79. The molecular weight excluding hydrogens is 258 g/mol. The Balaban J connectivity index is 1.98. The van der Waals surface area contributed by atoms with Crippen molar-refractivity contribution in [3.8, 4) is 11.5 Å². The number of hydrogen-bond acceptors (Lipinski definition) is 2. The van der Waals surface area contributed by atoms with Crippen molar-refractivity contribution in [2.45, 2.75) is 40.3 Å². The Kier molecular flexibility index (Phi) is 5.03. The predicted octanol–water partition coefficient (Wildman–Crippen LogP) is 5.00. The van der Waals surface area contributed by atoms with E-state index in [4.69, 9.17) is 4.74 Å². The molecule has 0 spiro atoms. The minimum absolute atomic E-state index is 0.262. The van der Waals surface area contributed by atoms with E-state index in [9.17, 15) is 0 Å². The van der Waals surface area contributed by atoms with E-state index in [0.29, 0.717) is 6.04 Å². The summed E-state index contributed by atoms with van der Waals surface area (Å²) in [6, 6.07) is 18.6. The van der Waals surface area contributed by atoms with Crippen LogP contribution in [0.25, 0.3) is 0 Å². The fraction of sp³-hybridized carbons (Fsp3) is 0.368.